The summed E-state index contributed by atoms with van der Waals surface area (Å²) in [4.78, 5) is 11.4. The molecule has 1 aromatic rings. The molecule has 0 saturated heterocycles. The number of amides is 1. The molecule has 0 heterocycles. The quantitative estimate of drug-likeness (QED) is 0.874. The monoisotopic (exact) mass is 251 g/mol. The van der Waals surface area contributed by atoms with E-state index in [4.69, 9.17) is 11.6 Å². The number of halogens is 1. The summed E-state index contributed by atoms with van der Waals surface area (Å²) in [6.45, 7) is 0. The third-order valence-corrected chi connectivity index (χ3v) is 4.13. The number of carbonyl (C=O) groups excluding carboxylic acids is 1. The predicted molar refractivity (Wildman–Crippen MR) is 70.3 cm³/mol. The van der Waals surface area contributed by atoms with Crippen molar-refractivity contribution in [1.82, 2.24) is 5.32 Å². The molecule has 0 radical (unpaired) electrons. The first kappa shape index (κ1) is 12.4. The summed E-state index contributed by atoms with van der Waals surface area (Å²) in [5, 5.41) is 3.46. The normalized spacial score (nSPS) is 17.3. The van der Waals surface area contributed by atoms with Crippen LogP contribution in [-0.2, 0) is 10.2 Å². The van der Waals surface area contributed by atoms with Crippen molar-refractivity contribution in [2.24, 2.45) is 0 Å². The lowest BCUT2D eigenvalue weighted by atomic mass is 9.62. The van der Waals surface area contributed by atoms with Crippen LogP contribution in [0, 0.1) is 0 Å². The maximum absolute atomic E-state index is 11.4. The molecular formula is C14H18ClNO. The third-order valence-electron chi connectivity index (χ3n) is 3.88. The molecule has 92 valence electrons. The maximum atomic E-state index is 11.4. The van der Waals surface area contributed by atoms with Crippen LogP contribution in [0.15, 0.2) is 24.3 Å². The van der Waals surface area contributed by atoms with Gasteiger partial charge in [0.1, 0.15) is 0 Å². The molecule has 0 unspecified atom stereocenters. The van der Waals surface area contributed by atoms with E-state index in [0.29, 0.717) is 6.42 Å². The van der Waals surface area contributed by atoms with Crippen LogP contribution in [0.1, 0.15) is 37.7 Å². The van der Waals surface area contributed by atoms with Crippen LogP contribution in [0.2, 0.25) is 5.02 Å². The van der Waals surface area contributed by atoms with Gasteiger partial charge in [0, 0.05) is 18.5 Å². The average molecular weight is 252 g/mol. The number of rotatable bonds is 4. The van der Waals surface area contributed by atoms with E-state index >= 15 is 0 Å². The standard InChI is InChI=1S/C14H18ClNO/c1-16-13(17)7-10-14(8-2-9-14)11-3-5-12(15)6-4-11/h3-6H,2,7-10H2,1H3,(H,16,17). The Morgan fingerprint density at radius 2 is 2.00 bits per heavy atom. The summed E-state index contributed by atoms with van der Waals surface area (Å²) in [7, 11) is 1.69. The lowest BCUT2D eigenvalue weighted by Crippen LogP contribution is -2.35. The fourth-order valence-corrected chi connectivity index (χ4v) is 2.69. The molecule has 1 amide bonds. The molecule has 1 N–H and O–H groups in total. The van der Waals surface area contributed by atoms with Gasteiger partial charge in [-0.25, -0.2) is 0 Å². The molecule has 0 atom stereocenters. The highest BCUT2D eigenvalue weighted by molar-refractivity contribution is 6.30. The zero-order valence-corrected chi connectivity index (χ0v) is 10.9. The summed E-state index contributed by atoms with van der Waals surface area (Å²) in [5.41, 5.74) is 1.55. The minimum atomic E-state index is 0.130. The zero-order chi connectivity index (χ0) is 12.3. The van der Waals surface area contributed by atoms with Crippen LogP contribution >= 0.6 is 11.6 Å². The number of benzene rings is 1. The van der Waals surface area contributed by atoms with Crippen molar-refractivity contribution in [2.75, 3.05) is 7.05 Å². The number of nitrogens with one attached hydrogen (secondary N) is 1. The van der Waals surface area contributed by atoms with Crippen LogP contribution in [0.3, 0.4) is 0 Å². The molecule has 0 bridgehead atoms. The molecule has 1 saturated carbocycles. The van der Waals surface area contributed by atoms with E-state index < -0.39 is 0 Å². The van der Waals surface area contributed by atoms with Gasteiger partial charge in [-0.1, -0.05) is 30.2 Å². The molecule has 2 nitrogen and oxygen atoms in total. The maximum Gasteiger partial charge on any atom is 0.219 e. The summed E-state index contributed by atoms with van der Waals surface area (Å²) in [6, 6.07) is 8.09. The Morgan fingerprint density at radius 1 is 1.35 bits per heavy atom. The Balaban J connectivity index is 2.08. The molecule has 1 fully saturated rings. The number of hydrogen-bond acceptors (Lipinski definition) is 1. The number of hydrogen-bond donors (Lipinski definition) is 1. The van der Waals surface area contributed by atoms with Crippen LogP contribution < -0.4 is 5.32 Å². The van der Waals surface area contributed by atoms with Gasteiger partial charge in [0.05, 0.1) is 0 Å². The van der Waals surface area contributed by atoms with Gasteiger partial charge in [0.2, 0.25) is 5.91 Å². The molecular weight excluding hydrogens is 234 g/mol. The second kappa shape index (κ2) is 5.09. The first-order valence-corrected chi connectivity index (χ1v) is 6.51. The highest BCUT2D eigenvalue weighted by Gasteiger charge is 2.38. The van der Waals surface area contributed by atoms with Gasteiger partial charge >= 0.3 is 0 Å². The van der Waals surface area contributed by atoms with Crippen LogP contribution in [0.25, 0.3) is 0 Å². The fraction of sp³-hybridized carbons (Fsp3) is 0.500. The molecule has 17 heavy (non-hydrogen) atoms. The van der Waals surface area contributed by atoms with Crippen molar-refractivity contribution in [2.45, 2.75) is 37.5 Å². The van der Waals surface area contributed by atoms with Crippen molar-refractivity contribution in [3.8, 4) is 0 Å². The Bertz CT molecular complexity index is 395. The van der Waals surface area contributed by atoms with Gasteiger partial charge in [-0.3, -0.25) is 4.79 Å². The first-order chi connectivity index (χ1) is 8.16. The SMILES string of the molecule is CNC(=O)CCC1(c2ccc(Cl)cc2)CCC1. The lowest BCUT2D eigenvalue weighted by molar-refractivity contribution is -0.121. The van der Waals surface area contributed by atoms with E-state index in [1.165, 1.54) is 24.8 Å². The largest absolute Gasteiger partial charge is 0.359 e. The highest BCUT2D eigenvalue weighted by atomic mass is 35.5. The van der Waals surface area contributed by atoms with Gasteiger partial charge in [0.25, 0.3) is 0 Å². The topological polar surface area (TPSA) is 29.1 Å². The fourth-order valence-electron chi connectivity index (χ4n) is 2.57. The third kappa shape index (κ3) is 2.63. The molecule has 0 aliphatic heterocycles. The van der Waals surface area contributed by atoms with Gasteiger partial charge in [-0.15, -0.1) is 0 Å². The Hall–Kier alpha value is -1.02. The summed E-state index contributed by atoms with van der Waals surface area (Å²) >= 11 is 5.91. The van der Waals surface area contributed by atoms with Crippen molar-refractivity contribution in [1.29, 1.82) is 0 Å². The Labute approximate surface area is 107 Å². The van der Waals surface area contributed by atoms with Crippen molar-refractivity contribution >= 4 is 17.5 Å². The van der Waals surface area contributed by atoms with Crippen molar-refractivity contribution < 1.29 is 4.79 Å². The summed E-state index contributed by atoms with van der Waals surface area (Å²) in [5.74, 6) is 0.130. The number of carbonyl (C=O) groups is 1. The van der Waals surface area contributed by atoms with E-state index in [1.807, 2.05) is 12.1 Å². The van der Waals surface area contributed by atoms with Crippen LogP contribution in [0.5, 0.6) is 0 Å². The zero-order valence-electron chi connectivity index (χ0n) is 10.1. The van der Waals surface area contributed by atoms with E-state index in [1.54, 1.807) is 7.05 Å². The minimum absolute atomic E-state index is 0.130. The molecule has 0 spiro atoms. The van der Waals surface area contributed by atoms with E-state index in [-0.39, 0.29) is 11.3 Å². The summed E-state index contributed by atoms with van der Waals surface area (Å²) < 4.78 is 0. The molecule has 0 aromatic heterocycles. The Kier molecular flexibility index (Phi) is 3.72. The Morgan fingerprint density at radius 3 is 2.47 bits per heavy atom. The van der Waals surface area contributed by atoms with E-state index in [2.05, 4.69) is 17.4 Å². The predicted octanol–water partition coefficient (Wildman–Crippen LogP) is 3.29. The molecule has 2 rings (SSSR count). The van der Waals surface area contributed by atoms with Gasteiger partial charge in [-0.05, 0) is 42.4 Å². The van der Waals surface area contributed by atoms with Crippen molar-refractivity contribution in [3.63, 3.8) is 0 Å². The summed E-state index contributed by atoms with van der Waals surface area (Å²) in [6.07, 6.45) is 5.18. The van der Waals surface area contributed by atoms with Gasteiger partial charge in [-0.2, -0.15) is 0 Å². The van der Waals surface area contributed by atoms with E-state index in [9.17, 15) is 4.79 Å². The second-order valence-corrected chi connectivity index (χ2v) is 5.25. The van der Waals surface area contributed by atoms with Gasteiger partial charge < -0.3 is 5.32 Å². The molecule has 1 aliphatic carbocycles. The molecule has 3 heteroatoms. The van der Waals surface area contributed by atoms with Crippen LogP contribution in [-0.4, -0.2) is 13.0 Å². The smallest absolute Gasteiger partial charge is 0.219 e. The van der Waals surface area contributed by atoms with Gasteiger partial charge in [0.15, 0.2) is 0 Å². The van der Waals surface area contributed by atoms with Crippen LogP contribution in [0.4, 0.5) is 0 Å². The molecule has 1 aromatic carbocycles. The second-order valence-electron chi connectivity index (χ2n) is 4.81. The van der Waals surface area contributed by atoms with Crippen molar-refractivity contribution in [3.05, 3.63) is 34.9 Å². The highest BCUT2D eigenvalue weighted by Crippen LogP contribution is 2.47. The minimum Gasteiger partial charge on any atom is -0.359 e. The lowest BCUT2D eigenvalue weighted by Gasteiger charge is -2.42. The molecule has 1 aliphatic rings. The van der Waals surface area contributed by atoms with E-state index in [0.717, 1.165) is 11.4 Å². The first-order valence-electron chi connectivity index (χ1n) is 6.13. The average Bonchev–Trinajstić information content (AvgIpc) is 2.29.